The van der Waals surface area contributed by atoms with Crippen LogP contribution in [0.4, 0.5) is 15.8 Å². The van der Waals surface area contributed by atoms with Gasteiger partial charge in [0.25, 0.3) is 0 Å². The summed E-state index contributed by atoms with van der Waals surface area (Å²) in [6.45, 7) is 2.55. The van der Waals surface area contributed by atoms with E-state index < -0.39 is 16.4 Å². The van der Waals surface area contributed by atoms with E-state index in [9.17, 15) is 19.6 Å². The van der Waals surface area contributed by atoms with Crippen molar-refractivity contribution in [1.29, 1.82) is 0 Å². The number of anilines is 1. The van der Waals surface area contributed by atoms with Gasteiger partial charge in [-0.15, -0.1) is 0 Å². The van der Waals surface area contributed by atoms with Crippen molar-refractivity contribution in [2.45, 2.75) is 37.8 Å². The number of para-hydroxylation sites is 1. The van der Waals surface area contributed by atoms with Crippen molar-refractivity contribution < 1.29 is 14.4 Å². The number of aliphatic hydroxyl groups excluding tert-OH is 1. The topological polar surface area (TPSA) is 69.9 Å². The van der Waals surface area contributed by atoms with Gasteiger partial charge in [0.2, 0.25) is 5.82 Å². The molecule has 1 N–H and O–H groups in total. The van der Waals surface area contributed by atoms with Crippen LogP contribution in [0.25, 0.3) is 0 Å². The molecule has 0 radical (unpaired) electrons. The average molecular weight is 323 g/mol. The van der Waals surface area contributed by atoms with Gasteiger partial charge in [-0.05, 0) is 44.4 Å². The molecule has 2 atom stereocenters. The smallest absolute Gasteiger partial charge is 0.327 e. The lowest BCUT2D eigenvalue weighted by molar-refractivity contribution is -0.386. The van der Waals surface area contributed by atoms with Crippen LogP contribution < -0.4 is 4.90 Å². The van der Waals surface area contributed by atoms with Crippen LogP contribution in [-0.2, 0) is 0 Å². The third-order valence-corrected chi connectivity index (χ3v) is 4.99. The Hall–Kier alpha value is -1.73. The number of likely N-dealkylation sites (tertiary alicyclic amines) is 1. The van der Waals surface area contributed by atoms with E-state index in [1.165, 1.54) is 6.07 Å². The van der Waals surface area contributed by atoms with Gasteiger partial charge < -0.3 is 10.0 Å². The number of nitro benzene ring substituents is 1. The molecule has 2 aliphatic heterocycles. The van der Waals surface area contributed by atoms with E-state index in [1.807, 2.05) is 4.90 Å². The van der Waals surface area contributed by atoms with E-state index in [0.717, 1.165) is 44.8 Å². The monoisotopic (exact) mass is 323 g/mol. The van der Waals surface area contributed by atoms with Crippen molar-refractivity contribution in [3.8, 4) is 0 Å². The minimum atomic E-state index is -0.785. The summed E-state index contributed by atoms with van der Waals surface area (Å²) in [4.78, 5) is 14.8. The fourth-order valence-electron chi connectivity index (χ4n) is 3.87. The lowest BCUT2D eigenvalue weighted by atomic mass is 10.1. The Morgan fingerprint density at radius 1 is 1.26 bits per heavy atom. The van der Waals surface area contributed by atoms with E-state index in [4.69, 9.17) is 0 Å². The molecule has 3 rings (SSSR count). The fourth-order valence-corrected chi connectivity index (χ4v) is 3.87. The van der Waals surface area contributed by atoms with Gasteiger partial charge in [0.1, 0.15) is 5.69 Å². The zero-order valence-electron chi connectivity index (χ0n) is 13.0. The molecule has 7 heteroatoms. The van der Waals surface area contributed by atoms with Crippen LogP contribution in [0.3, 0.4) is 0 Å². The predicted molar refractivity (Wildman–Crippen MR) is 85.1 cm³/mol. The normalized spacial score (nSPS) is 25.2. The van der Waals surface area contributed by atoms with Gasteiger partial charge in [-0.25, -0.2) is 0 Å². The van der Waals surface area contributed by atoms with Crippen molar-refractivity contribution >= 4 is 11.4 Å². The van der Waals surface area contributed by atoms with Crippen LogP contribution in [0.2, 0.25) is 0 Å². The highest BCUT2D eigenvalue weighted by Crippen LogP contribution is 2.36. The molecule has 2 unspecified atom stereocenters. The van der Waals surface area contributed by atoms with E-state index in [2.05, 4.69) is 4.90 Å². The van der Waals surface area contributed by atoms with Gasteiger partial charge in [-0.1, -0.05) is 6.07 Å². The first-order chi connectivity index (χ1) is 11.1. The number of halogens is 1. The van der Waals surface area contributed by atoms with Gasteiger partial charge in [0, 0.05) is 25.2 Å². The highest BCUT2D eigenvalue weighted by Gasteiger charge is 2.34. The number of nitro groups is 1. The molecular formula is C16H22FN3O3. The van der Waals surface area contributed by atoms with Gasteiger partial charge in [-0.2, -0.15) is 4.39 Å². The highest BCUT2D eigenvalue weighted by molar-refractivity contribution is 5.64. The molecule has 0 aromatic heterocycles. The summed E-state index contributed by atoms with van der Waals surface area (Å²) in [7, 11) is 0. The number of rotatable bonds is 5. The Kier molecular flexibility index (Phi) is 4.77. The summed E-state index contributed by atoms with van der Waals surface area (Å²) in [6, 6.07) is 4.60. The van der Waals surface area contributed by atoms with Gasteiger partial charge >= 0.3 is 5.69 Å². The fraction of sp³-hybridized carbons (Fsp3) is 0.625. The number of benzene rings is 1. The molecular weight excluding hydrogens is 301 g/mol. The van der Waals surface area contributed by atoms with Crippen LogP contribution in [0.15, 0.2) is 18.2 Å². The molecule has 0 spiro atoms. The van der Waals surface area contributed by atoms with Crippen LogP contribution in [0.1, 0.15) is 25.7 Å². The summed E-state index contributed by atoms with van der Waals surface area (Å²) in [6.07, 6.45) is 3.93. The highest BCUT2D eigenvalue weighted by atomic mass is 19.1. The van der Waals surface area contributed by atoms with E-state index in [-0.39, 0.29) is 18.7 Å². The molecule has 0 amide bonds. The Bertz CT molecular complexity index is 584. The second-order valence-electron chi connectivity index (χ2n) is 6.33. The Morgan fingerprint density at radius 2 is 2.00 bits per heavy atom. The van der Waals surface area contributed by atoms with Crippen molar-refractivity contribution in [3.05, 3.63) is 34.1 Å². The van der Waals surface area contributed by atoms with Crippen molar-refractivity contribution in [1.82, 2.24) is 4.90 Å². The predicted octanol–water partition coefficient (Wildman–Crippen LogP) is 2.16. The summed E-state index contributed by atoms with van der Waals surface area (Å²) in [5.41, 5.74) is -0.0585. The van der Waals surface area contributed by atoms with Gasteiger partial charge in [-0.3, -0.25) is 15.0 Å². The molecule has 2 fully saturated rings. The molecule has 2 heterocycles. The molecule has 1 aromatic rings. The zero-order valence-corrected chi connectivity index (χ0v) is 13.0. The lowest BCUT2D eigenvalue weighted by Crippen LogP contribution is -2.43. The number of hydrogen-bond donors (Lipinski definition) is 1. The van der Waals surface area contributed by atoms with Crippen LogP contribution in [0.5, 0.6) is 0 Å². The zero-order chi connectivity index (χ0) is 16.4. The third-order valence-electron chi connectivity index (χ3n) is 4.99. The van der Waals surface area contributed by atoms with Crippen molar-refractivity contribution in [3.63, 3.8) is 0 Å². The number of hydrogen-bond acceptors (Lipinski definition) is 5. The van der Waals surface area contributed by atoms with Crippen LogP contribution in [-0.4, -0.2) is 53.3 Å². The quantitative estimate of drug-likeness (QED) is 0.664. The summed E-state index contributed by atoms with van der Waals surface area (Å²) < 4.78 is 13.9. The second-order valence-corrected chi connectivity index (χ2v) is 6.33. The molecule has 0 bridgehead atoms. The number of nitrogens with zero attached hydrogens (tertiary/aromatic N) is 3. The van der Waals surface area contributed by atoms with Crippen molar-refractivity contribution in [2.24, 2.45) is 0 Å². The first-order valence-corrected chi connectivity index (χ1v) is 8.16. The molecule has 6 nitrogen and oxygen atoms in total. The summed E-state index contributed by atoms with van der Waals surface area (Å²) in [5.74, 6) is -0.785. The van der Waals surface area contributed by atoms with Crippen molar-refractivity contribution in [2.75, 3.05) is 31.1 Å². The Morgan fingerprint density at radius 3 is 2.74 bits per heavy atom. The Labute approximate surface area is 134 Å². The van der Waals surface area contributed by atoms with E-state index in [0.29, 0.717) is 12.2 Å². The SMILES string of the molecule is O=[N+]([O-])c1c(F)cccc1N1CCCC1CN1CCCC1CO. The van der Waals surface area contributed by atoms with E-state index in [1.54, 1.807) is 6.07 Å². The molecule has 2 aliphatic rings. The average Bonchev–Trinajstić information content (AvgIpc) is 3.16. The maximum absolute atomic E-state index is 13.9. The summed E-state index contributed by atoms with van der Waals surface area (Å²) in [5, 5.41) is 20.7. The largest absolute Gasteiger partial charge is 0.395 e. The lowest BCUT2D eigenvalue weighted by Gasteiger charge is -2.32. The maximum Gasteiger partial charge on any atom is 0.327 e. The third kappa shape index (κ3) is 3.16. The molecule has 126 valence electrons. The molecule has 2 saturated heterocycles. The molecule has 23 heavy (non-hydrogen) atoms. The number of aliphatic hydroxyl groups is 1. The van der Waals surface area contributed by atoms with E-state index >= 15 is 0 Å². The van der Waals surface area contributed by atoms with Gasteiger partial charge in [0.15, 0.2) is 0 Å². The molecule has 0 aliphatic carbocycles. The van der Waals surface area contributed by atoms with Crippen LogP contribution >= 0.6 is 0 Å². The molecule has 1 aromatic carbocycles. The minimum absolute atomic E-state index is 0.127. The second kappa shape index (κ2) is 6.80. The first-order valence-electron chi connectivity index (χ1n) is 8.16. The summed E-state index contributed by atoms with van der Waals surface area (Å²) >= 11 is 0. The van der Waals surface area contributed by atoms with Gasteiger partial charge in [0.05, 0.1) is 11.5 Å². The minimum Gasteiger partial charge on any atom is -0.395 e. The first kappa shape index (κ1) is 16.1. The maximum atomic E-state index is 13.9. The Balaban J connectivity index is 1.82. The van der Waals surface area contributed by atoms with Crippen LogP contribution in [0, 0.1) is 15.9 Å². The molecule has 0 saturated carbocycles. The standard InChI is InChI=1S/C16H22FN3O3/c17-14-6-1-7-15(16(14)20(22)23)19-9-3-4-12(19)10-18-8-2-5-13(18)11-21/h1,6-7,12-13,21H,2-5,8-11H2.